The van der Waals surface area contributed by atoms with Crippen molar-refractivity contribution < 1.29 is 19.3 Å². The maximum atomic E-state index is 13.9. The molecule has 3 aliphatic rings. The standard InChI is InChI=1S/C25H23N3O5/c1-3-14(2)26-24(30)20-19-12-11-15-7-4-5-10-18(15)27(19)22(21(20)25(26)31)23(29)16-8-6-9-17(13-16)28(32)33/h4-14,19-22H,3H2,1-2H3/t14-,19-,20-,21-,22+/m0/s1. The second-order valence-electron chi connectivity index (χ2n) is 8.79. The Morgan fingerprint density at radius 2 is 1.82 bits per heavy atom. The van der Waals surface area contributed by atoms with Gasteiger partial charge in [-0.05, 0) is 25.0 Å². The number of imide groups is 1. The van der Waals surface area contributed by atoms with Crippen LogP contribution in [0.15, 0.2) is 54.6 Å². The van der Waals surface area contributed by atoms with Gasteiger partial charge in [-0.25, -0.2) is 0 Å². The van der Waals surface area contributed by atoms with Crippen molar-refractivity contribution >= 4 is 35.0 Å². The Kier molecular flexibility index (Phi) is 4.88. The van der Waals surface area contributed by atoms with Gasteiger partial charge in [0.2, 0.25) is 11.8 Å². The molecule has 168 valence electrons. The number of para-hydroxylation sites is 1. The summed E-state index contributed by atoms with van der Waals surface area (Å²) in [4.78, 5) is 54.8. The molecule has 33 heavy (non-hydrogen) atoms. The van der Waals surface area contributed by atoms with E-state index in [0.29, 0.717) is 6.42 Å². The van der Waals surface area contributed by atoms with Crippen molar-refractivity contribution in [2.24, 2.45) is 11.8 Å². The molecule has 0 aliphatic carbocycles. The van der Waals surface area contributed by atoms with Crippen LogP contribution in [0, 0.1) is 22.0 Å². The monoisotopic (exact) mass is 445 g/mol. The Morgan fingerprint density at radius 3 is 2.55 bits per heavy atom. The number of nitrogens with zero attached hydrogens (tertiary/aromatic N) is 3. The molecule has 3 aliphatic heterocycles. The smallest absolute Gasteiger partial charge is 0.270 e. The lowest BCUT2D eigenvalue weighted by atomic mass is 9.86. The molecule has 0 bridgehead atoms. The van der Waals surface area contributed by atoms with Crippen molar-refractivity contribution in [3.05, 3.63) is 75.8 Å². The molecule has 2 amide bonds. The number of benzene rings is 2. The molecule has 0 aromatic heterocycles. The topological polar surface area (TPSA) is 101 Å². The second kappa shape index (κ2) is 7.65. The number of nitro groups is 1. The summed E-state index contributed by atoms with van der Waals surface area (Å²) in [6, 6.07) is 11.5. The normalized spacial score (nSPS) is 26.1. The van der Waals surface area contributed by atoms with Gasteiger partial charge in [-0.15, -0.1) is 0 Å². The number of hydrogen-bond acceptors (Lipinski definition) is 6. The first kappa shape index (κ1) is 21.1. The first-order valence-corrected chi connectivity index (χ1v) is 11.1. The zero-order valence-corrected chi connectivity index (χ0v) is 18.3. The molecule has 0 unspecified atom stereocenters. The van der Waals surface area contributed by atoms with Crippen molar-refractivity contribution in [1.29, 1.82) is 0 Å². The van der Waals surface area contributed by atoms with Crippen LogP contribution < -0.4 is 4.90 Å². The highest BCUT2D eigenvalue weighted by molar-refractivity contribution is 6.14. The average Bonchev–Trinajstić information content (AvgIpc) is 3.31. The molecule has 0 spiro atoms. The van der Waals surface area contributed by atoms with E-state index in [0.717, 1.165) is 11.3 Å². The van der Waals surface area contributed by atoms with Crippen LogP contribution in [0.25, 0.3) is 6.08 Å². The number of rotatable bonds is 5. The Hall–Kier alpha value is -3.81. The molecule has 2 aromatic carbocycles. The van der Waals surface area contributed by atoms with E-state index in [1.54, 1.807) is 0 Å². The van der Waals surface area contributed by atoms with Gasteiger partial charge in [0.05, 0.1) is 22.8 Å². The summed E-state index contributed by atoms with van der Waals surface area (Å²) < 4.78 is 0. The number of ketones is 1. The van der Waals surface area contributed by atoms with Crippen LogP contribution in [0.5, 0.6) is 0 Å². The summed E-state index contributed by atoms with van der Waals surface area (Å²) in [5, 5.41) is 11.3. The predicted molar refractivity (Wildman–Crippen MR) is 122 cm³/mol. The van der Waals surface area contributed by atoms with E-state index in [1.165, 1.54) is 29.2 Å². The van der Waals surface area contributed by atoms with Gasteiger partial charge in [0.1, 0.15) is 6.04 Å². The zero-order chi connectivity index (χ0) is 23.4. The Morgan fingerprint density at radius 1 is 1.09 bits per heavy atom. The minimum Gasteiger partial charge on any atom is -0.352 e. The number of hydrogen-bond donors (Lipinski definition) is 0. The van der Waals surface area contributed by atoms with Crippen molar-refractivity contribution in [2.45, 2.75) is 38.4 Å². The maximum Gasteiger partial charge on any atom is 0.270 e. The average molecular weight is 445 g/mol. The fraction of sp³-hybridized carbons (Fsp3) is 0.320. The van der Waals surface area contributed by atoms with Crippen LogP contribution in [-0.4, -0.2) is 45.5 Å². The second-order valence-corrected chi connectivity index (χ2v) is 8.79. The molecule has 3 heterocycles. The van der Waals surface area contributed by atoms with Gasteiger partial charge in [-0.2, -0.15) is 0 Å². The Balaban J connectivity index is 1.65. The third kappa shape index (κ3) is 3.01. The molecule has 5 atom stereocenters. The Bertz CT molecular complexity index is 1220. The highest BCUT2D eigenvalue weighted by Crippen LogP contribution is 2.49. The van der Waals surface area contributed by atoms with E-state index in [-0.39, 0.29) is 29.1 Å². The first-order chi connectivity index (χ1) is 15.8. The van der Waals surface area contributed by atoms with Crippen molar-refractivity contribution in [3.63, 3.8) is 0 Å². The summed E-state index contributed by atoms with van der Waals surface area (Å²) in [7, 11) is 0. The van der Waals surface area contributed by atoms with Crippen molar-refractivity contribution in [2.75, 3.05) is 4.90 Å². The summed E-state index contributed by atoms with van der Waals surface area (Å²) in [6.07, 6.45) is 4.44. The van der Waals surface area contributed by atoms with E-state index in [1.807, 2.05) is 55.2 Å². The van der Waals surface area contributed by atoms with Gasteiger partial charge in [0.15, 0.2) is 5.78 Å². The lowest BCUT2D eigenvalue weighted by molar-refractivity contribution is -0.384. The Labute approximate surface area is 190 Å². The number of anilines is 1. The number of Topliss-reactive ketones (excluding diaryl/α,β-unsaturated/α-hetero) is 1. The molecular weight excluding hydrogens is 422 g/mol. The number of likely N-dealkylation sites (tertiary alicyclic amines) is 1. The summed E-state index contributed by atoms with van der Waals surface area (Å²) in [6.45, 7) is 3.74. The van der Waals surface area contributed by atoms with Gasteiger partial charge in [-0.3, -0.25) is 29.4 Å². The molecule has 2 fully saturated rings. The lowest BCUT2D eigenvalue weighted by Gasteiger charge is -2.37. The quantitative estimate of drug-likeness (QED) is 0.302. The van der Waals surface area contributed by atoms with Crippen LogP contribution in [-0.2, 0) is 9.59 Å². The number of nitro benzene ring substituents is 1. The van der Waals surface area contributed by atoms with Crippen molar-refractivity contribution in [3.8, 4) is 0 Å². The van der Waals surface area contributed by atoms with E-state index in [2.05, 4.69) is 0 Å². The molecule has 5 rings (SSSR count). The van der Waals surface area contributed by atoms with Crippen LogP contribution in [0.4, 0.5) is 11.4 Å². The van der Waals surface area contributed by atoms with E-state index in [4.69, 9.17) is 0 Å². The predicted octanol–water partition coefficient (Wildman–Crippen LogP) is 3.46. The van der Waals surface area contributed by atoms with Crippen molar-refractivity contribution in [1.82, 2.24) is 4.90 Å². The van der Waals surface area contributed by atoms with Gasteiger partial charge < -0.3 is 4.90 Å². The summed E-state index contributed by atoms with van der Waals surface area (Å²) in [5.41, 5.74) is 1.63. The summed E-state index contributed by atoms with van der Waals surface area (Å²) in [5.74, 6) is -2.52. The van der Waals surface area contributed by atoms with Gasteiger partial charge in [0, 0.05) is 29.4 Å². The first-order valence-electron chi connectivity index (χ1n) is 11.1. The summed E-state index contributed by atoms with van der Waals surface area (Å²) >= 11 is 0. The largest absolute Gasteiger partial charge is 0.352 e. The molecule has 8 heteroatoms. The zero-order valence-electron chi connectivity index (χ0n) is 18.3. The van der Waals surface area contributed by atoms with Gasteiger partial charge >= 0.3 is 0 Å². The van der Waals surface area contributed by atoms with E-state index >= 15 is 0 Å². The maximum absolute atomic E-state index is 13.9. The molecule has 0 saturated carbocycles. The molecule has 8 nitrogen and oxygen atoms in total. The fourth-order valence-electron chi connectivity index (χ4n) is 5.40. The number of fused-ring (bicyclic) bond motifs is 5. The van der Waals surface area contributed by atoms with E-state index < -0.39 is 34.6 Å². The molecule has 2 saturated heterocycles. The highest BCUT2D eigenvalue weighted by atomic mass is 16.6. The molecular formula is C25H23N3O5. The van der Waals surface area contributed by atoms with Crippen LogP contribution >= 0.6 is 0 Å². The van der Waals surface area contributed by atoms with Crippen LogP contribution in [0.1, 0.15) is 36.2 Å². The number of carbonyl (C=O) groups excluding carboxylic acids is 3. The number of carbonyl (C=O) groups is 3. The lowest BCUT2D eigenvalue weighted by Crippen LogP contribution is -2.50. The SMILES string of the molecule is CC[C@H](C)N1C(=O)[C@@H]2[C@H](C1=O)[C@H](C(=O)c1cccc([N+](=O)[O-])c1)N1c3ccccc3C=C[C@@H]21. The third-order valence-electron chi connectivity index (χ3n) is 7.09. The molecule has 0 radical (unpaired) electrons. The van der Waals surface area contributed by atoms with E-state index in [9.17, 15) is 24.5 Å². The minimum absolute atomic E-state index is 0.155. The van der Waals surface area contributed by atoms with Gasteiger partial charge in [-0.1, -0.05) is 49.4 Å². The van der Waals surface area contributed by atoms with Crippen LogP contribution in [0.3, 0.4) is 0 Å². The molecule has 0 N–H and O–H groups in total. The number of non-ortho nitro benzene ring substituents is 1. The highest BCUT2D eigenvalue weighted by Gasteiger charge is 2.64. The number of amides is 2. The van der Waals surface area contributed by atoms with Gasteiger partial charge in [0.25, 0.3) is 5.69 Å². The fourth-order valence-corrected chi connectivity index (χ4v) is 5.40. The minimum atomic E-state index is -0.932. The van der Waals surface area contributed by atoms with Crippen LogP contribution in [0.2, 0.25) is 0 Å². The molecule has 2 aromatic rings. The third-order valence-corrected chi connectivity index (χ3v) is 7.09.